The van der Waals surface area contributed by atoms with Crippen LogP contribution in [-0.2, 0) is 26.8 Å². The molecule has 4 nitrogen and oxygen atoms in total. The van der Waals surface area contributed by atoms with E-state index in [9.17, 15) is 13.2 Å². The molecular weight excluding hydrogens is 342 g/mol. The monoisotopic (exact) mass is 359 g/mol. The number of sulfone groups is 1. The Morgan fingerprint density at radius 3 is 2.38 bits per heavy atom. The Morgan fingerprint density at radius 1 is 1.04 bits per heavy atom. The molecule has 1 heterocycles. The summed E-state index contributed by atoms with van der Waals surface area (Å²) in [4.78, 5) is 11.4. The first-order valence-corrected chi connectivity index (χ1v) is 9.94. The summed E-state index contributed by atoms with van der Waals surface area (Å²) in [6.45, 7) is 0. The summed E-state index contributed by atoms with van der Waals surface area (Å²) in [5.74, 6) is -0.110. The summed E-state index contributed by atoms with van der Waals surface area (Å²) in [6, 6.07) is 16.5. The Kier molecular flexibility index (Phi) is 4.69. The van der Waals surface area contributed by atoms with E-state index in [1.165, 1.54) is 11.3 Å². The second-order valence-electron chi connectivity index (χ2n) is 5.53. The third-order valence-electron chi connectivity index (χ3n) is 3.73. The van der Waals surface area contributed by atoms with E-state index in [0.29, 0.717) is 16.2 Å². The van der Waals surface area contributed by atoms with E-state index in [-0.39, 0.29) is 11.7 Å². The highest BCUT2D eigenvalue weighted by atomic mass is 32.2. The van der Waals surface area contributed by atoms with E-state index < -0.39 is 9.84 Å². The predicted octanol–water partition coefficient (Wildman–Crippen LogP) is 3.16. The molecule has 0 aliphatic carbocycles. The van der Waals surface area contributed by atoms with Gasteiger partial charge in [-0.05, 0) is 28.6 Å². The first-order valence-electron chi connectivity index (χ1n) is 7.48. The van der Waals surface area contributed by atoms with Gasteiger partial charge in [-0.1, -0.05) is 42.5 Å². The van der Waals surface area contributed by atoms with Gasteiger partial charge in [0.15, 0.2) is 9.84 Å². The zero-order chi connectivity index (χ0) is 17.2. The number of amides is 1. The summed E-state index contributed by atoms with van der Waals surface area (Å²) in [6.07, 6.45) is 0.292. The van der Waals surface area contributed by atoms with Crippen LogP contribution in [0.1, 0.15) is 11.1 Å². The van der Waals surface area contributed by atoms with Crippen molar-refractivity contribution in [2.45, 2.75) is 16.4 Å². The molecule has 0 spiro atoms. The lowest BCUT2D eigenvalue weighted by molar-refractivity contribution is -0.119. The van der Waals surface area contributed by atoms with Crippen LogP contribution in [0.5, 0.6) is 0 Å². The highest BCUT2D eigenvalue weighted by Gasteiger charge is 2.18. The lowest BCUT2D eigenvalue weighted by Crippen LogP contribution is -2.19. The lowest BCUT2D eigenvalue weighted by atomic mass is 10.1. The number of thiophene rings is 1. The number of rotatable bonds is 5. The van der Waals surface area contributed by atoms with Gasteiger partial charge < -0.3 is 5.32 Å². The molecule has 2 aromatic carbocycles. The number of carbonyl (C=O) groups excluding carboxylic acids is 1. The van der Waals surface area contributed by atoms with Crippen LogP contribution in [0.15, 0.2) is 58.8 Å². The summed E-state index contributed by atoms with van der Waals surface area (Å²) in [5, 5.41) is 3.51. The van der Waals surface area contributed by atoms with E-state index in [1.807, 2.05) is 24.3 Å². The zero-order valence-corrected chi connectivity index (χ0v) is 14.8. The van der Waals surface area contributed by atoms with Gasteiger partial charge >= 0.3 is 0 Å². The molecule has 24 heavy (non-hydrogen) atoms. The molecule has 0 radical (unpaired) electrons. The topological polar surface area (TPSA) is 63.2 Å². The normalized spacial score (nSPS) is 11.5. The Hall–Kier alpha value is -2.18. The van der Waals surface area contributed by atoms with Crippen molar-refractivity contribution in [3.05, 3.63) is 65.7 Å². The molecule has 0 atom stereocenters. The Morgan fingerprint density at radius 2 is 1.71 bits per heavy atom. The zero-order valence-electron chi connectivity index (χ0n) is 13.2. The second-order valence-corrected chi connectivity index (χ2v) is 8.83. The summed E-state index contributed by atoms with van der Waals surface area (Å²) in [5.41, 5.74) is 1.57. The van der Waals surface area contributed by atoms with Crippen LogP contribution in [0.4, 0.5) is 0 Å². The van der Waals surface area contributed by atoms with E-state index in [1.54, 1.807) is 37.4 Å². The van der Waals surface area contributed by atoms with Crippen LogP contribution in [0.25, 0.3) is 10.1 Å². The molecule has 0 saturated heterocycles. The smallest absolute Gasteiger partial charge is 0.224 e. The summed E-state index contributed by atoms with van der Waals surface area (Å²) >= 11 is 1.30. The van der Waals surface area contributed by atoms with Crippen LogP contribution in [-0.4, -0.2) is 21.4 Å². The minimum atomic E-state index is -3.38. The molecule has 1 N–H and O–H groups in total. The number of hydrogen-bond donors (Lipinski definition) is 1. The minimum Gasteiger partial charge on any atom is -0.359 e. The molecule has 0 unspecified atom stereocenters. The number of hydrogen-bond acceptors (Lipinski definition) is 4. The molecule has 0 bridgehead atoms. The highest BCUT2D eigenvalue weighted by Crippen LogP contribution is 2.30. The van der Waals surface area contributed by atoms with Gasteiger partial charge in [0.1, 0.15) is 4.21 Å². The third-order valence-corrected chi connectivity index (χ3v) is 7.10. The van der Waals surface area contributed by atoms with Gasteiger partial charge in [0.2, 0.25) is 5.91 Å². The summed E-state index contributed by atoms with van der Waals surface area (Å²) < 4.78 is 26.6. The van der Waals surface area contributed by atoms with Crippen LogP contribution in [0.2, 0.25) is 0 Å². The third kappa shape index (κ3) is 3.66. The second kappa shape index (κ2) is 6.75. The molecule has 124 valence electrons. The Bertz CT molecular complexity index is 940. The van der Waals surface area contributed by atoms with Crippen molar-refractivity contribution >= 4 is 37.2 Å². The average Bonchev–Trinajstić information content (AvgIpc) is 3.01. The van der Waals surface area contributed by atoms with Gasteiger partial charge in [-0.2, -0.15) is 0 Å². The fourth-order valence-corrected chi connectivity index (χ4v) is 5.26. The van der Waals surface area contributed by atoms with Crippen LogP contribution >= 0.6 is 11.3 Å². The SMILES string of the molecule is CNC(=O)Cc1ccc(CS(=O)(=O)c2cc3ccccc3s2)cc1. The molecule has 0 aliphatic rings. The lowest BCUT2D eigenvalue weighted by Gasteiger charge is -2.04. The van der Waals surface area contributed by atoms with Gasteiger partial charge in [-0.25, -0.2) is 8.42 Å². The Balaban J connectivity index is 1.80. The standard InChI is InChI=1S/C18H17NO3S2/c1-19-17(20)10-13-6-8-14(9-7-13)12-24(21,22)18-11-15-4-2-3-5-16(15)23-18/h2-9,11H,10,12H2,1H3,(H,19,20). The molecule has 3 rings (SSSR count). The molecule has 6 heteroatoms. The number of nitrogens with one attached hydrogen (secondary N) is 1. The largest absolute Gasteiger partial charge is 0.359 e. The van der Waals surface area contributed by atoms with E-state index in [2.05, 4.69) is 5.32 Å². The van der Waals surface area contributed by atoms with Gasteiger partial charge in [0.05, 0.1) is 12.2 Å². The van der Waals surface area contributed by atoms with Crippen molar-refractivity contribution < 1.29 is 13.2 Å². The predicted molar refractivity (Wildman–Crippen MR) is 96.9 cm³/mol. The molecule has 1 aromatic heterocycles. The fraction of sp³-hybridized carbons (Fsp3) is 0.167. The van der Waals surface area contributed by atoms with Crippen LogP contribution < -0.4 is 5.32 Å². The maximum absolute atomic E-state index is 12.6. The van der Waals surface area contributed by atoms with Gasteiger partial charge in [-0.15, -0.1) is 11.3 Å². The van der Waals surface area contributed by atoms with Crippen molar-refractivity contribution in [1.82, 2.24) is 5.32 Å². The quantitative estimate of drug-likeness (QED) is 0.761. The van der Waals surface area contributed by atoms with Gasteiger partial charge in [-0.3, -0.25) is 4.79 Å². The number of likely N-dealkylation sites (N-methyl/N-ethyl adjacent to an activating group) is 1. The van der Waals surface area contributed by atoms with E-state index in [0.717, 1.165) is 15.6 Å². The van der Waals surface area contributed by atoms with Crippen molar-refractivity contribution in [3.63, 3.8) is 0 Å². The molecular formula is C18H17NO3S2. The molecule has 1 amide bonds. The first-order chi connectivity index (χ1) is 11.5. The molecule has 0 fully saturated rings. The average molecular weight is 359 g/mol. The molecule has 0 aliphatic heterocycles. The van der Waals surface area contributed by atoms with Crippen LogP contribution in [0.3, 0.4) is 0 Å². The van der Waals surface area contributed by atoms with Crippen molar-refractivity contribution in [2.24, 2.45) is 0 Å². The van der Waals surface area contributed by atoms with Crippen molar-refractivity contribution in [2.75, 3.05) is 7.05 Å². The highest BCUT2D eigenvalue weighted by molar-refractivity contribution is 7.92. The number of carbonyl (C=O) groups is 1. The van der Waals surface area contributed by atoms with Crippen LogP contribution in [0, 0.1) is 0 Å². The molecule has 3 aromatic rings. The van der Waals surface area contributed by atoms with E-state index in [4.69, 9.17) is 0 Å². The Labute approximate surface area is 145 Å². The summed E-state index contributed by atoms with van der Waals surface area (Å²) in [7, 11) is -1.78. The minimum absolute atomic E-state index is 0.0416. The van der Waals surface area contributed by atoms with Crippen molar-refractivity contribution in [1.29, 1.82) is 0 Å². The maximum atomic E-state index is 12.6. The van der Waals surface area contributed by atoms with Gasteiger partial charge in [0, 0.05) is 11.7 Å². The van der Waals surface area contributed by atoms with Crippen molar-refractivity contribution in [3.8, 4) is 0 Å². The number of benzene rings is 2. The number of fused-ring (bicyclic) bond motifs is 1. The van der Waals surface area contributed by atoms with E-state index >= 15 is 0 Å². The fourth-order valence-electron chi connectivity index (χ4n) is 2.43. The first kappa shape index (κ1) is 16.7. The molecule has 0 saturated carbocycles. The van der Waals surface area contributed by atoms with Gasteiger partial charge in [0.25, 0.3) is 0 Å². The maximum Gasteiger partial charge on any atom is 0.224 e.